The second-order valence-electron chi connectivity index (χ2n) is 7.54. The SMILES string of the molecule is COCC(=O)N1CCN2[C@@H](C1)CN(S(=O)(=O)c1ccccc1)CC2(C)C. The lowest BCUT2D eigenvalue weighted by molar-refractivity contribution is -0.141. The molecule has 2 aliphatic heterocycles. The topological polar surface area (TPSA) is 70.2 Å². The average Bonchev–Trinajstić information content (AvgIpc) is 2.61. The molecule has 2 fully saturated rings. The summed E-state index contributed by atoms with van der Waals surface area (Å²) in [6.45, 7) is 6.93. The molecular weight excluding hydrogens is 354 g/mol. The van der Waals surface area contributed by atoms with Crippen LogP contribution in [0.3, 0.4) is 0 Å². The van der Waals surface area contributed by atoms with Crippen LogP contribution in [-0.4, -0.2) is 86.5 Å². The zero-order valence-corrected chi connectivity index (χ0v) is 16.4. The summed E-state index contributed by atoms with van der Waals surface area (Å²) in [6, 6.07) is 8.52. The molecule has 8 heteroatoms. The van der Waals surface area contributed by atoms with Crippen molar-refractivity contribution in [2.75, 3.05) is 46.4 Å². The van der Waals surface area contributed by atoms with Crippen molar-refractivity contribution >= 4 is 15.9 Å². The minimum atomic E-state index is -3.55. The third kappa shape index (κ3) is 3.64. The Morgan fingerprint density at radius 3 is 2.54 bits per heavy atom. The number of methoxy groups -OCH3 is 1. The van der Waals surface area contributed by atoms with Gasteiger partial charge in [0.1, 0.15) is 6.61 Å². The Hall–Kier alpha value is -1.48. The summed E-state index contributed by atoms with van der Waals surface area (Å²) in [5.74, 6) is -0.0482. The van der Waals surface area contributed by atoms with Gasteiger partial charge < -0.3 is 9.64 Å². The normalized spacial score (nSPS) is 24.3. The Balaban J connectivity index is 1.83. The Morgan fingerprint density at radius 2 is 1.88 bits per heavy atom. The molecule has 1 aromatic rings. The van der Waals surface area contributed by atoms with Gasteiger partial charge in [0.2, 0.25) is 15.9 Å². The van der Waals surface area contributed by atoms with Crippen LogP contribution in [0.4, 0.5) is 0 Å². The molecule has 0 bridgehead atoms. The van der Waals surface area contributed by atoms with Gasteiger partial charge in [-0.25, -0.2) is 8.42 Å². The molecule has 26 heavy (non-hydrogen) atoms. The first-order valence-corrected chi connectivity index (χ1v) is 10.3. The maximum atomic E-state index is 13.1. The van der Waals surface area contributed by atoms with E-state index in [4.69, 9.17) is 4.74 Å². The van der Waals surface area contributed by atoms with Gasteiger partial charge in [0.15, 0.2) is 0 Å². The lowest BCUT2D eigenvalue weighted by Gasteiger charge is -2.55. The summed E-state index contributed by atoms with van der Waals surface area (Å²) in [7, 11) is -2.05. The second-order valence-corrected chi connectivity index (χ2v) is 9.48. The molecule has 144 valence electrons. The van der Waals surface area contributed by atoms with Crippen LogP contribution < -0.4 is 0 Å². The van der Waals surface area contributed by atoms with E-state index in [-0.39, 0.29) is 24.1 Å². The molecule has 0 aliphatic carbocycles. The number of hydrogen-bond donors (Lipinski definition) is 0. The number of carbonyl (C=O) groups excluding carboxylic acids is 1. The summed E-state index contributed by atoms with van der Waals surface area (Å²) < 4.78 is 32.7. The van der Waals surface area contributed by atoms with Crippen molar-refractivity contribution in [2.24, 2.45) is 0 Å². The minimum Gasteiger partial charge on any atom is -0.375 e. The third-order valence-electron chi connectivity index (χ3n) is 5.24. The minimum absolute atomic E-state index is 0.0215. The van der Waals surface area contributed by atoms with Crippen molar-refractivity contribution in [3.63, 3.8) is 0 Å². The Kier molecular flexibility index (Phi) is 5.39. The molecular formula is C18H27N3O4S. The highest BCUT2D eigenvalue weighted by molar-refractivity contribution is 7.89. The number of piperazine rings is 2. The number of nitrogens with zero attached hydrogens (tertiary/aromatic N) is 3. The van der Waals surface area contributed by atoms with Crippen molar-refractivity contribution in [3.8, 4) is 0 Å². The summed E-state index contributed by atoms with van der Waals surface area (Å²) in [4.78, 5) is 16.6. The predicted octanol–water partition coefficient (Wildman–Crippen LogP) is 0.629. The van der Waals surface area contributed by atoms with Gasteiger partial charge in [0.05, 0.1) is 4.90 Å². The van der Waals surface area contributed by atoms with E-state index in [1.807, 2.05) is 0 Å². The first kappa shape index (κ1) is 19.3. The van der Waals surface area contributed by atoms with E-state index in [2.05, 4.69) is 18.7 Å². The monoisotopic (exact) mass is 381 g/mol. The maximum Gasteiger partial charge on any atom is 0.248 e. The van der Waals surface area contributed by atoms with Crippen LogP contribution in [0, 0.1) is 0 Å². The van der Waals surface area contributed by atoms with Gasteiger partial charge in [-0.05, 0) is 26.0 Å². The van der Waals surface area contributed by atoms with Gasteiger partial charge >= 0.3 is 0 Å². The molecule has 0 N–H and O–H groups in total. The number of fused-ring (bicyclic) bond motifs is 1. The third-order valence-corrected chi connectivity index (χ3v) is 7.07. The van der Waals surface area contributed by atoms with Crippen LogP contribution >= 0.6 is 0 Å². The molecule has 0 spiro atoms. The molecule has 1 aromatic carbocycles. The van der Waals surface area contributed by atoms with E-state index in [1.54, 1.807) is 39.5 Å². The van der Waals surface area contributed by atoms with E-state index in [9.17, 15) is 13.2 Å². The maximum absolute atomic E-state index is 13.1. The first-order valence-electron chi connectivity index (χ1n) is 8.84. The van der Waals surface area contributed by atoms with Crippen molar-refractivity contribution in [2.45, 2.75) is 30.3 Å². The molecule has 2 saturated heterocycles. The molecule has 2 aliphatic rings. The van der Waals surface area contributed by atoms with Gasteiger partial charge in [-0.1, -0.05) is 18.2 Å². The van der Waals surface area contributed by atoms with E-state index in [0.29, 0.717) is 31.1 Å². The standard InChI is InChI=1S/C18H27N3O4S/c1-18(2)14-20(26(23,24)16-7-5-4-6-8-16)12-15-11-19(9-10-21(15)18)17(22)13-25-3/h4-8,15H,9-14H2,1-3H3/t15-/m0/s1. The first-order chi connectivity index (χ1) is 12.3. The van der Waals surface area contributed by atoms with Gasteiger partial charge in [-0.15, -0.1) is 0 Å². The number of hydrogen-bond acceptors (Lipinski definition) is 5. The zero-order valence-electron chi connectivity index (χ0n) is 15.6. The zero-order chi connectivity index (χ0) is 18.9. The summed E-state index contributed by atoms with van der Waals surface area (Å²) in [5.41, 5.74) is -0.291. The molecule has 1 atom stereocenters. The van der Waals surface area contributed by atoms with Crippen molar-refractivity contribution in [1.82, 2.24) is 14.1 Å². The Morgan fingerprint density at radius 1 is 1.19 bits per heavy atom. The van der Waals surface area contributed by atoms with Crippen molar-refractivity contribution in [1.29, 1.82) is 0 Å². The number of ether oxygens (including phenoxy) is 1. The summed E-state index contributed by atoms with van der Waals surface area (Å²) in [5, 5.41) is 0. The molecule has 1 amide bonds. The van der Waals surface area contributed by atoms with Gasteiger partial charge in [-0.2, -0.15) is 4.31 Å². The number of rotatable bonds is 4. The highest BCUT2D eigenvalue weighted by atomic mass is 32.2. The van der Waals surface area contributed by atoms with Crippen LogP contribution in [-0.2, 0) is 19.6 Å². The number of amides is 1. The molecule has 0 aromatic heterocycles. The van der Waals surface area contributed by atoms with Crippen LogP contribution in [0.15, 0.2) is 35.2 Å². The van der Waals surface area contributed by atoms with E-state index < -0.39 is 10.0 Å². The Bertz CT molecular complexity index is 751. The number of carbonyl (C=O) groups is 1. The van der Waals surface area contributed by atoms with Crippen LogP contribution in [0.1, 0.15) is 13.8 Å². The highest BCUT2D eigenvalue weighted by Crippen LogP contribution is 2.31. The molecule has 0 radical (unpaired) electrons. The highest BCUT2D eigenvalue weighted by Gasteiger charge is 2.46. The fraction of sp³-hybridized carbons (Fsp3) is 0.611. The van der Waals surface area contributed by atoms with Gasteiger partial charge in [0, 0.05) is 51.4 Å². The van der Waals surface area contributed by atoms with Crippen LogP contribution in [0.2, 0.25) is 0 Å². The molecule has 3 rings (SSSR count). The lowest BCUT2D eigenvalue weighted by Crippen LogP contribution is -2.70. The lowest BCUT2D eigenvalue weighted by atomic mass is 9.94. The quantitative estimate of drug-likeness (QED) is 0.765. The molecule has 0 unspecified atom stereocenters. The summed E-state index contributed by atoms with van der Waals surface area (Å²) in [6.07, 6.45) is 0. The summed E-state index contributed by atoms with van der Waals surface area (Å²) >= 11 is 0. The Labute approximate surface area is 155 Å². The smallest absolute Gasteiger partial charge is 0.248 e. The number of sulfonamides is 1. The molecule has 7 nitrogen and oxygen atoms in total. The van der Waals surface area contributed by atoms with Crippen LogP contribution in [0.25, 0.3) is 0 Å². The van der Waals surface area contributed by atoms with Crippen LogP contribution in [0.5, 0.6) is 0 Å². The molecule has 2 heterocycles. The predicted molar refractivity (Wildman–Crippen MR) is 98.2 cm³/mol. The van der Waals surface area contributed by atoms with E-state index in [0.717, 1.165) is 6.54 Å². The second kappa shape index (κ2) is 7.26. The fourth-order valence-electron chi connectivity index (χ4n) is 4.00. The fourth-order valence-corrected chi connectivity index (χ4v) is 5.65. The van der Waals surface area contributed by atoms with Gasteiger partial charge in [-0.3, -0.25) is 9.69 Å². The van der Waals surface area contributed by atoms with E-state index >= 15 is 0 Å². The van der Waals surface area contributed by atoms with Crippen molar-refractivity contribution < 1.29 is 17.9 Å². The largest absolute Gasteiger partial charge is 0.375 e. The van der Waals surface area contributed by atoms with E-state index in [1.165, 1.54) is 7.11 Å². The average molecular weight is 381 g/mol. The number of benzene rings is 1. The van der Waals surface area contributed by atoms with Crippen molar-refractivity contribution in [3.05, 3.63) is 30.3 Å². The van der Waals surface area contributed by atoms with Gasteiger partial charge in [0.25, 0.3) is 0 Å². The molecule has 0 saturated carbocycles.